The lowest BCUT2D eigenvalue weighted by atomic mass is 10.1. The number of nitrogens with zero attached hydrogens (tertiary/aromatic N) is 2. The van der Waals surface area contributed by atoms with Crippen molar-refractivity contribution in [2.45, 2.75) is 17.7 Å². The minimum absolute atomic E-state index is 0.0893. The first-order valence-electron chi connectivity index (χ1n) is 7.73. The molecule has 5 nitrogen and oxygen atoms in total. The maximum Gasteiger partial charge on any atom is 0.264 e. The van der Waals surface area contributed by atoms with Gasteiger partial charge in [-0.1, -0.05) is 60.4 Å². The van der Waals surface area contributed by atoms with Crippen LogP contribution in [0.4, 0.5) is 5.13 Å². The highest BCUT2D eigenvalue weighted by molar-refractivity contribution is 9.10. The second-order valence-corrected chi connectivity index (χ2v) is 8.27. The minimum Gasteiger partial charge on any atom is -0.483 e. The number of fused-ring (bicyclic) bond motifs is 1. The number of aromatic nitrogens is 2. The number of ether oxygens (including phenoxy) is 1. The van der Waals surface area contributed by atoms with Crippen LogP contribution in [-0.4, -0.2) is 28.5 Å². The van der Waals surface area contributed by atoms with Gasteiger partial charge in [-0.3, -0.25) is 10.1 Å². The van der Waals surface area contributed by atoms with E-state index in [0.29, 0.717) is 10.9 Å². The first-order chi connectivity index (χ1) is 12.2. The lowest BCUT2D eigenvalue weighted by molar-refractivity contribution is -0.118. The van der Waals surface area contributed by atoms with E-state index >= 15 is 0 Å². The second-order valence-electron chi connectivity index (χ2n) is 5.16. The molecule has 0 bridgehead atoms. The summed E-state index contributed by atoms with van der Waals surface area (Å²) in [5.41, 5.74) is 0. The molecule has 0 aliphatic rings. The number of benzene rings is 2. The lowest BCUT2D eigenvalue weighted by Crippen LogP contribution is -2.20. The summed E-state index contributed by atoms with van der Waals surface area (Å²) in [6.45, 7) is 2.02. The Balaban J connectivity index is 1.59. The van der Waals surface area contributed by atoms with Gasteiger partial charge in [-0.2, -0.15) is 0 Å². The molecule has 0 saturated carbocycles. The van der Waals surface area contributed by atoms with E-state index < -0.39 is 0 Å². The topological polar surface area (TPSA) is 64.1 Å². The SMILES string of the molecule is CCCSc1nnc(NC(=O)COc2ccc3ccccc3c2Br)s1. The molecule has 8 heteroatoms. The van der Waals surface area contributed by atoms with Gasteiger partial charge in [0.15, 0.2) is 10.9 Å². The zero-order chi connectivity index (χ0) is 17.6. The number of hydrogen-bond donors (Lipinski definition) is 1. The molecular formula is C17H16BrN3O2S2. The summed E-state index contributed by atoms with van der Waals surface area (Å²) in [6, 6.07) is 11.8. The van der Waals surface area contributed by atoms with Crippen molar-refractivity contribution in [1.29, 1.82) is 0 Å². The smallest absolute Gasteiger partial charge is 0.264 e. The molecule has 1 N–H and O–H groups in total. The number of hydrogen-bond acceptors (Lipinski definition) is 6. The summed E-state index contributed by atoms with van der Waals surface area (Å²) in [4.78, 5) is 12.1. The summed E-state index contributed by atoms with van der Waals surface area (Å²) in [6.07, 6.45) is 1.07. The highest BCUT2D eigenvalue weighted by Crippen LogP contribution is 2.33. The van der Waals surface area contributed by atoms with Crippen LogP contribution in [0.3, 0.4) is 0 Å². The molecule has 0 saturated heterocycles. The Morgan fingerprint density at radius 1 is 1.28 bits per heavy atom. The van der Waals surface area contributed by atoms with E-state index in [9.17, 15) is 4.79 Å². The van der Waals surface area contributed by atoms with Crippen molar-refractivity contribution in [1.82, 2.24) is 10.2 Å². The Morgan fingerprint density at radius 2 is 2.12 bits per heavy atom. The van der Waals surface area contributed by atoms with Gasteiger partial charge >= 0.3 is 0 Å². The Morgan fingerprint density at radius 3 is 2.96 bits per heavy atom. The van der Waals surface area contributed by atoms with Crippen LogP contribution in [-0.2, 0) is 4.79 Å². The van der Waals surface area contributed by atoms with Gasteiger partial charge < -0.3 is 4.74 Å². The molecule has 0 spiro atoms. The second kappa shape index (κ2) is 8.64. The van der Waals surface area contributed by atoms with Gasteiger partial charge in [0.05, 0.1) is 4.47 Å². The fraction of sp³-hybridized carbons (Fsp3) is 0.235. The van der Waals surface area contributed by atoms with Crippen LogP contribution < -0.4 is 10.1 Å². The van der Waals surface area contributed by atoms with E-state index in [4.69, 9.17) is 4.74 Å². The van der Waals surface area contributed by atoms with Crippen molar-refractivity contribution in [3.63, 3.8) is 0 Å². The van der Waals surface area contributed by atoms with Crippen molar-refractivity contribution in [2.75, 3.05) is 17.7 Å². The number of thioether (sulfide) groups is 1. The molecular weight excluding hydrogens is 422 g/mol. The molecule has 0 aliphatic heterocycles. The first-order valence-corrected chi connectivity index (χ1v) is 10.3. The monoisotopic (exact) mass is 437 g/mol. The molecule has 130 valence electrons. The maximum absolute atomic E-state index is 12.1. The molecule has 0 radical (unpaired) electrons. The van der Waals surface area contributed by atoms with Crippen molar-refractivity contribution in [2.24, 2.45) is 0 Å². The van der Waals surface area contributed by atoms with Crippen LogP contribution in [0.2, 0.25) is 0 Å². The van der Waals surface area contributed by atoms with Crippen LogP contribution in [0, 0.1) is 0 Å². The number of carbonyl (C=O) groups is 1. The van der Waals surface area contributed by atoms with Crippen LogP contribution in [0.5, 0.6) is 5.75 Å². The molecule has 0 fully saturated rings. The zero-order valence-corrected chi connectivity index (χ0v) is 16.7. The maximum atomic E-state index is 12.1. The third kappa shape index (κ3) is 4.71. The van der Waals surface area contributed by atoms with Crippen molar-refractivity contribution in [3.05, 3.63) is 40.9 Å². The van der Waals surface area contributed by atoms with Gasteiger partial charge in [0, 0.05) is 5.75 Å². The number of anilines is 1. The Hall–Kier alpha value is -1.64. The molecule has 25 heavy (non-hydrogen) atoms. The summed E-state index contributed by atoms with van der Waals surface area (Å²) in [7, 11) is 0. The summed E-state index contributed by atoms with van der Waals surface area (Å²) >= 11 is 6.56. The van der Waals surface area contributed by atoms with E-state index in [0.717, 1.165) is 31.8 Å². The predicted octanol–water partition coefficient (Wildman–Crippen LogP) is 4.97. The largest absolute Gasteiger partial charge is 0.483 e. The summed E-state index contributed by atoms with van der Waals surface area (Å²) in [5.74, 6) is 1.36. The van der Waals surface area contributed by atoms with E-state index in [1.54, 1.807) is 11.8 Å². The molecule has 1 aromatic heterocycles. The lowest BCUT2D eigenvalue weighted by Gasteiger charge is -2.09. The average molecular weight is 438 g/mol. The van der Waals surface area contributed by atoms with Gasteiger partial charge in [-0.05, 0) is 39.2 Å². The highest BCUT2D eigenvalue weighted by atomic mass is 79.9. The van der Waals surface area contributed by atoms with Gasteiger partial charge in [0.1, 0.15) is 5.75 Å². The number of halogens is 1. The Bertz CT molecular complexity index is 885. The van der Waals surface area contributed by atoms with E-state index in [1.165, 1.54) is 11.3 Å². The number of carbonyl (C=O) groups excluding carboxylic acids is 1. The predicted molar refractivity (Wildman–Crippen MR) is 107 cm³/mol. The van der Waals surface area contributed by atoms with Crippen LogP contribution in [0.15, 0.2) is 45.2 Å². The van der Waals surface area contributed by atoms with Gasteiger partial charge in [-0.15, -0.1) is 10.2 Å². The standard InChI is InChI=1S/C17H16BrN3O2S2/c1-2-9-24-17-21-20-16(25-17)19-14(22)10-23-13-8-7-11-5-3-4-6-12(11)15(13)18/h3-8H,2,9-10H2,1H3,(H,19,20,22). The van der Waals surface area contributed by atoms with E-state index in [-0.39, 0.29) is 12.5 Å². The van der Waals surface area contributed by atoms with Crippen LogP contribution in [0.25, 0.3) is 10.8 Å². The molecule has 0 unspecified atom stereocenters. The average Bonchev–Trinajstić information content (AvgIpc) is 3.07. The van der Waals surface area contributed by atoms with Gasteiger partial charge in [-0.25, -0.2) is 0 Å². The van der Waals surface area contributed by atoms with Crippen molar-refractivity contribution in [3.8, 4) is 5.75 Å². The fourth-order valence-electron chi connectivity index (χ4n) is 2.13. The molecule has 0 aliphatic carbocycles. The van der Waals surface area contributed by atoms with Crippen LogP contribution >= 0.6 is 39.0 Å². The third-order valence-electron chi connectivity index (χ3n) is 3.27. The number of rotatable bonds is 7. The molecule has 3 aromatic rings. The molecule has 2 aromatic carbocycles. The van der Waals surface area contributed by atoms with E-state index in [1.807, 2.05) is 36.4 Å². The highest BCUT2D eigenvalue weighted by Gasteiger charge is 2.11. The van der Waals surface area contributed by atoms with Crippen molar-refractivity contribution < 1.29 is 9.53 Å². The van der Waals surface area contributed by atoms with Gasteiger partial charge in [0.2, 0.25) is 5.13 Å². The zero-order valence-electron chi connectivity index (χ0n) is 13.5. The van der Waals surface area contributed by atoms with Crippen molar-refractivity contribution >= 4 is 60.8 Å². The molecule has 1 amide bonds. The minimum atomic E-state index is -0.261. The third-order valence-corrected chi connectivity index (χ3v) is 6.26. The molecule has 1 heterocycles. The molecule has 3 rings (SSSR count). The van der Waals surface area contributed by atoms with Crippen LogP contribution in [0.1, 0.15) is 13.3 Å². The number of nitrogens with one attached hydrogen (secondary N) is 1. The normalized spacial score (nSPS) is 10.8. The molecule has 0 atom stereocenters. The first kappa shape index (κ1) is 18.2. The summed E-state index contributed by atoms with van der Waals surface area (Å²) in [5, 5.41) is 13.4. The van der Waals surface area contributed by atoms with Gasteiger partial charge in [0.25, 0.3) is 5.91 Å². The quantitative estimate of drug-likeness (QED) is 0.417. The summed E-state index contributed by atoms with van der Waals surface area (Å²) < 4.78 is 7.34. The van der Waals surface area contributed by atoms with E-state index in [2.05, 4.69) is 38.4 Å². The Kier molecular flexibility index (Phi) is 6.28. The Labute approximate surface area is 162 Å². The number of amides is 1. The fourth-order valence-corrected chi connectivity index (χ4v) is 4.43.